The molecule has 1 aliphatic rings. The largest absolute Gasteiger partial charge is 0.508 e. The van der Waals surface area contributed by atoms with E-state index in [1.165, 1.54) is 24.4 Å². The van der Waals surface area contributed by atoms with Crippen molar-refractivity contribution in [2.24, 2.45) is 0 Å². The van der Waals surface area contributed by atoms with E-state index in [0.717, 1.165) is 18.2 Å². The summed E-state index contributed by atoms with van der Waals surface area (Å²) in [5.41, 5.74) is -0.382. The Bertz CT molecular complexity index is 734. The molecule has 3 N–H and O–H groups in total. The molecular weight excluding hydrogens is 360 g/mol. The minimum Gasteiger partial charge on any atom is -0.508 e. The van der Waals surface area contributed by atoms with Crippen LogP contribution in [0.2, 0.25) is 5.02 Å². The van der Waals surface area contributed by atoms with Crippen LogP contribution in [0.15, 0.2) is 28.6 Å². The van der Waals surface area contributed by atoms with Gasteiger partial charge in [-0.05, 0) is 24.6 Å². The quantitative estimate of drug-likeness (QED) is 0.705. The maximum Gasteiger partial charge on any atom is 0.255 e. The lowest BCUT2D eigenvalue weighted by Crippen LogP contribution is -2.38. The Labute approximate surface area is 144 Å². The number of rotatable bonds is 6. The third-order valence-corrected chi connectivity index (χ3v) is 6.88. The Morgan fingerprint density at radius 3 is 2.87 bits per heavy atom. The Hall–Kier alpha value is -1.38. The Kier molecular flexibility index (Phi) is 5.83. The highest BCUT2D eigenvalue weighted by Crippen LogP contribution is 2.30. The minimum atomic E-state index is -3.32. The molecule has 0 radical (unpaired) electrons. The number of aromatic hydroxyl groups is 1. The van der Waals surface area contributed by atoms with Gasteiger partial charge in [0.25, 0.3) is 5.91 Å². The Morgan fingerprint density at radius 1 is 1.48 bits per heavy atom. The molecule has 9 heteroatoms. The first-order valence-electron chi connectivity index (χ1n) is 6.98. The molecule has 1 heterocycles. The van der Waals surface area contributed by atoms with E-state index in [1.807, 2.05) is 6.92 Å². The molecule has 1 unspecified atom stereocenters. The van der Waals surface area contributed by atoms with Crippen LogP contribution in [0.3, 0.4) is 0 Å². The van der Waals surface area contributed by atoms with E-state index in [2.05, 4.69) is 10.6 Å². The molecule has 0 aliphatic carbocycles. The van der Waals surface area contributed by atoms with Gasteiger partial charge >= 0.3 is 0 Å². The third-order valence-electron chi connectivity index (χ3n) is 3.12. The highest BCUT2D eigenvalue weighted by molar-refractivity contribution is 8.19. The molecule has 0 aromatic heterocycles. The van der Waals surface area contributed by atoms with Crippen molar-refractivity contribution in [2.45, 2.75) is 25.3 Å². The van der Waals surface area contributed by atoms with E-state index in [-0.39, 0.29) is 26.3 Å². The van der Waals surface area contributed by atoms with Crippen LogP contribution in [0.5, 0.6) is 5.75 Å². The van der Waals surface area contributed by atoms with Crippen molar-refractivity contribution in [3.63, 3.8) is 0 Å². The second-order valence-electron chi connectivity index (χ2n) is 4.94. The number of hydrogen-bond donors (Lipinski definition) is 3. The van der Waals surface area contributed by atoms with E-state index < -0.39 is 21.2 Å². The number of carbonyl (C=O) groups excluding carboxylic acids is 1. The fraction of sp³-hybridized carbons (Fsp3) is 0.357. The van der Waals surface area contributed by atoms with Gasteiger partial charge in [-0.25, -0.2) is 8.42 Å². The van der Waals surface area contributed by atoms with Crippen molar-refractivity contribution in [2.75, 3.05) is 5.75 Å². The SMILES string of the molecule is CCCCS(=O)(=O)C1=CNC(NC(=O)c2ccc(O)cc2Cl)S1. The van der Waals surface area contributed by atoms with Crippen LogP contribution in [-0.2, 0) is 9.84 Å². The van der Waals surface area contributed by atoms with E-state index in [9.17, 15) is 18.3 Å². The fourth-order valence-corrected chi connectivity index (χ4v) is 5.06. The molecule has 1 aromatic rings. The zero-order valence-corrected chi connectivity index (χ0v) is 14.8. The number of nitrogens with one attached hydrogen (secondary N) is 2. The van der Waals surface area contributed by atoms with E-state index in [0.29, 0.717) is 6.42 Å². The number of sulfone groups is 1. The molecule has 1 atom stereocenters. The number of amides is 1. The summed E-state index contributed by atoms with van der Waals surface area (Å²) < 4.78 is 24.4. The van der Waals surface area contributed by atoms with Gasteiger partial charge in [-0.3, -0.25) is 4.79 Å². The molecular formula is C14H17ClN2O4S2. The van der Waals surface area contributed by atoms with Crippen molar-refractivity contribution in [1.82, 2.24) is 10.6 Å². The van der Waals surface area contributed by atoms with Crippen LogP contribution >= 0.6 is 23.4 Å². The zero-order chi connectivity index (χ0) is 17.0. The summed E-state index contributed by atoms with van der Waals surface area (Å²) in [6.07, 6.45) is 2.80. The number of unbranched alkanes of at least 4 members (excludes halogenated alkanes) is 1. The van der Waals surface area contributed by atoms with E-state index in [1.54, 1.807) is 0 Å². The standard InChI is InChI=1S/C14H17ClN2O4S2/c1-2-3-6-23(20,21)12-8-16-14(22-12)17-13(19)10-5-4-9(18)7-11(10)15/h4-5,7-8,14,16,18H,2-3,6H2,1H3,(H,17,19). The van der Waals surface area contributed by atoms with Crippen molar-refractivity contribution in [3.05, 3.63) is 39.2 Å². The summed E-state index contributed by atoms with van der Waals surface area (Å²) in [6.45, 7) is 1.92. The molecule has 0 spiro atoms. The number of thioether (sulfide) groups is 1. The lowest BCUT2D eigenvalue weighted by atomic mass is 10.2. The third kappa shape index (κ3) is 4.55. The molecule has 1 aromatic carbocycles. The number of benzene rings is 1. The van der Waals surface area contributed by atoms with Crippen LogP contribution in [-0.4, -0.2) is 30.7 Å². The Balaban J connectivity index is 1.98. The molecule has 23 heavy (non-hydrogen) atoms. The van der Waals surface area contributed by atoms with Gasteiger partial charge in [0, 0.05) is 6.20 Å². The maximum absolute atomic E-state index is 12.2. The molecule has 0 saturated heterocycles. The number of halogens is 1. The Morgan fingerprint density at radius 2 is 2.22 bits per heavy atom. The van der Waals surface area contributed by atoms with Gasteiger partial charge in [-0.1, -0.05) is 36.7 Å². The number of carbonyl (C=O) groups is 1. The summed E-state index contributed by atoms with van der Waals surface area (Å²) in [7, 11) is -3.32. The van der Waals surface area contributed by atoms with Crippen LogP contribution in [0.4, 0.5) is 0 Å². The molecule has 2 rings (SSSR count). The van der Waals surface area contributed by atoms with Gasteiger partial charge in [-0.15, -0.1) is 0 Å². The van der Waals surface area contributed by atoms with Crippen LogP contribution in [0, 0.1) is 0 Å². The van der Waals surface area contributed by atoms with Crippen molar-refractivity contribution in [3.8, 4) is 5.75 Å². The number of phenolic OH excluding ortho intramolecular Hbond substituents is 1. The lowest BCUT2D eigenvalue weighted by molar-refractivity contribution is 0.0948. The topological polar surface area (TPSA) is 95.5 Å². The van der Waals surface area contributed by atoms with Crippen LogP contribution < -0.4 is 10.6 Å². The van der Waals surface area contributed by atoms with Crippen molar-refractivity contribution >= 4 is 39.1 Å². The molecule has 0 saturated carbocycles. The monoisotopic (exact) mass is 376 g/mol. The first-order chi connectivity index (χ1) is 10.8. The summed E-state index contributed by atoms with van der Waals surface area (Å²) in [6, 6.07) is 4.03. The average Bonchev–Trinajstić information content (AvgIpc) is 2.94. The molecule has 0 fully saturated rings. The summed E-state index contributed by atoms with van der Waals surface area (Å²) in [4.78, 5) is 12.2. The predicted octanol–water partition coefficient (Wildman–Crippen LogP) is 2.41. The fourth-order valence-electron chi connectivity index (χ4n) is 1.88. The lowest BCUT2D eigenvalue weighted by Gasteiger charge is -2.14. The maximum atomic E-state index is 12.2. The molecule has 1 amide bonds. The van der Waals surface area contributed by atoms with Gasteiger partial charge < -0.3 is 15.7 Å². The summed E-state index contributed by atoms with van der Waals surface area (Å²) in [5.74, 6) is -0.402. The molecule has 6 nitrogen and oxygen atoms in total. The average molecular weight is 377 g/mol. The number of phenols is 1. The summed E-state index contributed by atoms with van der Waals surface area (Å²) >= 11 is 6.95. The second kappa shape index (κ2) is 7.46. The van der Waals surface area contributed by atoms with Crippen molar-refractivity contribution < 1.29 is 18.3 Å². The highest BCUT2D eigenvalue weighted by atomic mass is 35.5. The molecule has 0 bridgehead atoms. The van der Waals surface area contributed by atoms with E-state index in [4.69, 9.17) is 11.6 Å². The van der Waals surface area contributed by atoms with Gasteiger partial charge in [0.05, 0.1) is 16.3 Å². The zero-order valence-electron chi connectivity index (χ0n) is 12.4. The van der Waals surface area contributed by atoms with Crippen molar-refractivity contribution in [1.29, 1.82) is 0 Å². The van der Waals surface area contributed by atoms with E-state index >= 15 is 0 Å². The van der Waals surface area contributed by atoms with Gasteiger partial charge in [0.1, 0.15) is 9.99 Å². The first-order valence-corrected chi connectivity index (χ1v) is 9.89. The molecule has 126 valence electrons. The summed E-state index contributed by atoms with van der Waals surface area (Å²) in [5, 5.41) is 14.9. The highest BCUT2D eigenvalue weighted by Gasteiger charge is 2.28. The van der Waals surface area contributed by atoms with Gasteiger partial charge in [0.15, 0.2) is 15.3 Å². The van der Waals surface area contributed by atoms with Gasteiger partial charge in [-0.2, -0.15) is 0 Å². The molecule has 1 aliphatic heterocycles. The minimum absolute atomic E-state index is 0.0362. The first kappa shape index (κ1) is 18.0. The predicted molar refractivity (Wildman–Crippen MR) is 91.9 cm³/mol. The number of hydrogen-bond acceptors (Lipinski definition) is 6. The van der Waals surface area contributed by atoms with Crippen LogP contribution in [0.25, 0.3) is 0 Å². The van der Waals surface area contributed by atoms with Gasteiger partial charge in [0.2, 0.25) is 0 Å². The smallest absolute Gasteiger partial charge is 0.255 e. The normalized spacial score (nSPS) is 17.5. The second-order valence-corrected chi connectivity index (χ2v) is 8.83. The van der Waals surface area contributed by atoms with Crippen LogP contribution in [0.1, 0.15) is 30.1 Å².